The van der Waals surface area contributed by atoms with Crippen molar-refractivity contribution in [1.29, 1.82) is 0 Å². The zero-order chi connectivity index (χ0) is 25.2. The number of benzene rings is 1. The first kappa shape index (κ1) is 26.0. The lowest BCUT2D eigenvalue weighted by atomic mass is 10.1. The average Bonchev–Trinajstić information content (AvgIpc) is 2.89. The number of carbonyl (C=O) groups is 2. The number of rotatable bonds is 11. The molecule has 10 nitrogen and oxygen atoms in total. The van der Waals surface area contributed by atoms with Crippen LogP contribution in [-0.2, 0) is 20.7 Å². The van der Waals surface area contributed by atoms with Crippen molar-refractivity contribution < 1.29 is 33.3 Å². The van der Waals surface area contributed by atoms with Gasteiger partial charge in [-0.3, -0.25) is 4.79 Å². The molecular weight excluding hydrogens is 454 g/mol. The van der Waals surface area contributed by atoms with Gasteiger partial charge in [-0.15, -0.1) is 0 Å². The molecule has 0 aliphatic carbocycles. The number of methoxy groups -OCH3 is 3. The fourth-order valence-corrected chi connectivity index (χ4v) is 3.51. The van der Waals surface area contributed by atoms with Gasteiger partial charge in [-0.1, -0.05) is 6.07 Å². The van der Waals surface area contributed by atoms with E-state index in [9.17, 15) is 9.59 Å². The van der Waals surface area contributed by atoms with Crippen molar-refractivity contribution in [2.75, 3.05) is 47.6 Å². The largest absolute Gasteiger partial charge is 0.493 e. The quantitative estimate of drug-likeness (QED) is 0.443. The van der Waals surface area contributed by atoms with Crippen molar-refractivity contribution in [3.05, 3.63) is 41.6 Å². The van der Waals surface area contributed by atoms with Gasteiger partial charge in [0.25, 0.3) is 0 Å². The van der Waals surface area contributed by atoms with Crippen LogP contribution in [0.15, 0.2) is 30.5 Å². The lowest BCUT2D eigenvalue weighted by molar-refractivity contribution is -0.134. The van der Waals surface area contributed by atoms with E-state index in [2.05, 4.69) is 9.97 Å². The molecule has 1 aromatic heterocycles. The van der Waals surface area contributed by atoms with E-state index in [1.165, 1.54) is 26.5 Å². The Morgan fingerprint density at radius 3 is 2.71 bits per heavy atom. The molecule has 1 aliphatic heterocycles. The lowest BCUT2D eigenvalue weighted by Crippen LogP contribution is -2.47. The minimum absolute atomic E-state index is 0.143. The molecule has 1 aliphatic rings. The zero-order valence-electron chi connectivity index (χ0n) is 20.5. The van der Waals surface area contributed by atoms with Crippen LogP contribution in [-0.4, -0.2) is 80.3 Å². The summed E-state index contributed by atoms with van der Waals surface area (Å²) in [6.07, 6.45) is 5.44. The Morgan fingerprint density at radius 2 is 2.00 bits per heavy atom. The third-order valence-corrected chi connectivity index (χ3v) is 5.41. The van der Waals surface area contributed by atoms with E-state index in [1.807, 2.05) is 18.2 Å². The van der Waals surface area contributed by atoms with Crippen LogP contribution < -0.4 is 18.9 Å². The average molecular weight is 486 g/mol. The maximum absolute atomic E-state index is 12.8. The van der Waals surface area contributed by atoms with Crippen LogP contribution in [0.1, 0.15) is 24.5 Å². The Kier molecular flexibility index (Phi) is 9.42. The molecular formula is C25H31N3O7. The molecule has 1 fully saturated rings. The van der Waals surface area contributed by atoms with Crippen molar-refractivity contribution in [1.82, 2.24) is 14.9 Å². The molecule has 2 aromatic rings. The maximum Gasteiger partial charge on any atom is 0.319 e. The number of carbonyl (C=O) groups excluding carboxylic acids is 2. The maximum atomic E-state index is 12.8. The summed E-state index contributed by atoms with van der Waals surface area (Å²) in [5.74, 6) is 1.47. The van der Waals surface area contributed by atoms with E-state index in [-0.39, 0.29) is 30.4 Å². The standard InChI is InChI=1S/C25H31N3O7/c1-17(29)5-6-18-7-9-21(22(13-18)31-2)35-16-20-15-28(11-12-34-20)23(30)10-8-19-14-26-25(33-4)27-24(19)32-3/h7-10,13-14,20H,5-6,11-12,15-16H2,1-4H3/b10-8+. The molecule has 0 bridgehead atoms. The number of ketones is 1. The van der Waals surface area contributed by atoms with E-state index < -0.39 is 0 Å². The summed E-state index contributed by atoms with van der Waals surface area (Å²) in [6, 6.07) is 5.80. The number of aryl methyl sites for hydroxylation is 1. The highest BCUT2D eigenvalue weighted by Crippen LogP contribution is 2.29. The molecule has 1 atom stereocenters. The molecule has 1 amide bonds. The van der Waals surface area contributed by atoms with E-state index in [0.717, 1.165) is 5.56 Å². The van der Waals surface area contributed by atoms with Crippen molar-refractivity contribution >= 4 is 17.8 Å². The number of hydrogen-bond acceptors (Lipinski definition) is 9. The predicted octanol–water partition coefficient (Wildman–Crippen LogP) is 2.34. The predicted molar refractivity (Wildman–Crippen MR) is 128 cm³/mol. The minimum atomic E-state index is -0.290. The van der Waals surface area contributed by atoms with Gasteiger partial charge in [-0.25, -0.2) is 4.98 Å². The lowest BCUT2D eigenvalue weighted by Gasteiger charge is -2.32. The van der Waals surface area contributed by atoms with E-state index >= 15 is 0 Å². The Bertz CT molecular complexity index is 1060. The van der Waals surface area contributed by atoms with Gasteiger partial charge in [0.15, 0.2) is 11.5 Å². The Labute approximate surface area is 204 Å². The second-order valence-corrected chi connectivity index (χ2v) is 7.93. The number of morpholine rings is 1. The zero-order valence-corrected chi connectivity index (χ0v) is 20.5. The Balaban J connectivity index is 1.57. The number of nitrogens with zero attached hydrogens (tertiary/aromatic N) is 3. The van der Waals surface area contributed by atoms with Crippen molar-refractivity contribution in [3.63, 3.8) is 0 Å². The molecule has 10 heteroatoms. The molecule has 1 aromatic carbocycles. The normalized spacial score (nSPS) is 15.7. The molecule has 0 N–H and O–H groups in total. The Hall–Kier alpha value is -3.66. The highest BCUT2D eigenvalue weighted by molar-refractivity contribution is 5.92. The van der Waals surface area contributed by atoms with Crippen LogP contribution in [0.2, 0.25) is 0 Å². The van der Waals surface area contributed by atoms with Gasteiger partial charge in [0.2, 0.25) is 11.8 Å². The van der Waals surface area contributed by atoms with Gasteiger partial charge in [0, 0.05) is 25.2 Å². The number of hydrogen-bond donors (Lipinski definition) is 0. The van der Waals surface area contributed by atoms with Gasteiger partial charge in [-0.05, 0) is 37.1 Å². The highest BCUT2D eigenvalue weighted by Gasteiger charge is 2.24. The second-order valence-electron chi connectivity index (χ2n) is 7.93. The summed E-state index contributed by atoms with van der Waals surface area (Å²) in [7, 11) is 4.53. The number of amides is 1. The monoisotopic (exact) mass is 485 g/mol. The van der Waals surface area contributed by atoms with Gasteiger partial charge in [0.05, 0.1) is 40.0 Å². The van der Waals surface area contributed by atoms with E-state index in [1.54, 1.807) is 25.0 Å². The second kappa shape index (κ2) is 12.7. The minimum Gasteiger partial charge on any atom is -0.493 e. The van der Waals surface area contributed by atoms with E-state index in [4.69, 9.17) is 23.7 Å². The van der Waals surface area contributed by atoms with Gasteiger partial charge >= 0.3 is 6.01 Å². The highest BCUT2D eigenvalue weighted by atomic mass is 16.5. The number of ether oxygens (including phenoxy) is 5. The summed E-state index contributed by atoms with van der Waals surface area (Å²) in [6.45, 7) is 3.11. The van der Waals surface area contributed by atoms with Crippen LogP contribution in [0.25, 0.3) is 6.08 Å². The molecule has 1 saturated heterocycles. The molecule has 1 unspecified atom stereocenters. The first-order valence-corrected chi connectivity index (χ1v) is 11.3. The molecule has 188 valence electrons. The van der Waals surface area contributed by atoms with Crippen LogP contribution >= 0.6 is 0 Å². The molecule has 0 spiro atoms. The molecule has 2 heterocycles. The molecule has 0 radical (unpaired) electrons. The topological polar surface area (TPSA) is 109 Å². The summed E-state index contributed by atoms with van der Waals surface area (Å²) in [5.41, 5.74) is 1.56. The first-order chi connectivity index (χ1) is 16.9. The first-order valence-electron chi connectivity index (χ1n) is 11.3. The summed E-state index contributed by atoms with van der Waals surface area (Å²) in [5, 5.41) is 0. The van der Waals surface area contributed by atoms with Crippen molar-refractivity contribution in [3.8, 4) is 23.4 Å². The molecule has 0 saturated carbocycles. The fraction of sp³-hybridized carbons (Fsp3) is 0.440. The number of aromatic nitrogens is 2. The van der Waals surface area contributed by atoms with Crippen LogP contribution in [0.5, 0.6) is 23.4 Å². The summed E-state index contributed by atoms with van der Waals surface area (Å²) >= 11 is 0. The van der Waals surface area contributed by atoms with Gasteiger partial charge in [0.1, 0.15) is 18.5 Å². The van der Waals surface area contributed by atoms with Crippen LogP contribution in [0.4, 0.5) is 0 Å². The van der Waals surface area contributed by atoms with Crippen LogP contribution in [0, 0.1) is 0 Å². The van der Waals surface area contributed by atoms with Gasteiger partial charge < -0.3 is 33.4 Å². The molecule has 3 rings (SSSR count). The summed E-state index contributed by atoms with van der Waals surface area (Å²) < 4.78 is 27.4. The summed E-state index contributed by atoms with van der Waals surface area (Å²) in [4.78, 5) is 33.9. The van der Waals surface area contributed by atoms with Gasteiger partial charge in [-0.2, -0.15) is 4.98 Å². The third-order valence-electron chi connectivity index (χ3n) is 5.41. The molecule has 35 heavy (non-hydrogen) atoms. The smallest absolute Gasteiger partial charge is 0.319 e. The fourth-order valence-electron chi connectivity index (χ4n) is 3.51. The SMILES string of the molecule is COc1ncc(/C=C/C(=O)N2CCOC(COc3ccc(CCC(C)=O)cc3OC)C2)c(OC)n1. The Morgan fingerprint density at radius 1 is 1.17 bits per heavy atom. The number of Topliss-reactive ketones (excluding diaryl/α,β-unsaturated/α-hetero) is 1. The van der Waals surface area contributed by atoms with Crippen molar-refractivity contribution in [2.45, 2.75) is 25.9 Å². The van der Waals surface area contributed by atoms with Crippen LogP contribution in [0.3, 0.4) is 0 Å². The van der Waals surface area contributed by atoms with Crippen molar-refractivity contribution in [2.24, 2.45) is 0 Å². The van der Waals surface area contributed by atoms with E-state index in [0.29, 0.717) is 55.5 Å². The third kappa shape index (κ3) is 7.41.